The van der Waals surface area contributed by atoms with Crippen molar-refractivity contribution in [1.82, 2.24) is 14.6 Å². The molecule has 0 radical (unpaired) electrons. The fourth-order valence-corrected chi connectivity index (χ4v) is 2.84. The third-order valence-electron chi connectivity index (χ3n) is 3.59. The molecule has 0 amide bonds. The Balaban J connectivity index is 2.13. The van der Waals surface area contributed by atoms with Gasteiger partial charge in [-0.15, -0.1) is 0 Å². The second-order valence-electron chi connectivity index (χ2n) is 5.51. The minimum Gasteiger partial charge on any atom is -0.235 e. The van der Waals surface area contributed by atoms with Gasteiger partial charge < -0.3 is 0 Å². The average Bonchev–Trinajstić information content (AvgIpc) is 2.89. The first-order valence-corrected chi connectivity index (χ1v) is 7.36. The van der Waals surface area contributed by atoms with Crippen LogP contribution in [0.4, 0.5) is 13.2 Å². The second kappa shape index (κ2) is 5.53. The van der Waals surface area contributed by atoms with Crippen LogP contribution >= 0.6 is 11.6 Å². The van der Waals surface area contributed by atoms with E-state index in [4.69, 9.17) is 11.6 Å². The summed E-state index contributed by atoms with van der Waals surface area (Å²) in [6, 6.07) is 4.95. The molecule has 0 fully saturated rings. The van der Waals surface area contributed by atoms with E-state index in [-0.39, 0.29) is 5.92 Å². The molecule has 0 aliphatic carbocycles. The Morgan fingerprint density at radius 1 is 1.09 bits per heavy atom. The van der Waals surface area contributed by atoms with E-state index in [0.717, 1.165) is 17.8 Å². The minimum absolute atomic E-state index is 0.133. The summed E-state index contributed by atoms with van der Waals surface area (Å²) in [6.45, 7) is 3.97. The van der Waals surface area contributed by atoms with Crippen molar-refractivity contribution in [3.05, 3.63) is 52.9 Å². The van der Waals surface area contributed by atoms with E-state index < -0.39 is 11.7 Å². The van der Waals surface area contributed by atoms with Crippen molar-refractivity contribution >= 4 is 17.2 Å². The molecule has 3 rings (SSSR count). The van der Waals surface area contributed by atoms with Crippen LogP contribution in [0.5, 0.6) is 0 Å². The number of alkyl halides is 3. The van der Waals surface area contributed by atoms with Crippen LogP contribution in [0.15, 0.2) is 36.7 Å². The van der Waals surface area contributed by atoms with Crippen molar-refractivity contribution in [2.75, 3.05) is 0 Å². The van der Waals surface area contributed by atoms with Crippen molar-refractivity contribution in [3.8, 4) is 11.1 Å². The summed E-state index contributed by atoms with van der Waals surface area (Å²) in [5, 5.41) is 4.80. The molecule has 7 heteroatoms. The smallest absolute Gasteiger partial charge is 0.235 e. The highest BCUT2D eigenvalue weighted by atomic mass is 35.5. The van der Waals surface area contributed by atoms with Crippen LogP contribution in [0.3, 0.4) is 0 Å². The van der Waals surface area contributed by atoms with Crippen LogP contribution in [0.25, 0.3) is 16.8 Å². The molecule has 0 N–H and O–H groups in total. The number of halogens is 4. The molecule has 0 saturated carbocycles. The van der Waals surface area contributed by atoms with Crippen LogP contribution in [0.1, 0.15) is 31.0 Å². The highest BCUT2D eigenvalue weighted by molar-refractivity contribution is 6.31. The normalized spacial score (nSPS) is 12.3. The fraction of sp³-hybridized carbons (Fsp3) is 0.250. The summed E-state index contributed by atoms with van der Waals surface area (Å²) >= 11 is 6.18. The van der Waals surface area contributed by atoms with Gasteiger partial charge in [0.1, 0.15) is 0 Å². The van der Waals surface area contributed by atoms with Gasteiger partial charge in [-0.25, -0.2) is 9.50 Å². The molecule has 0 bridgehead atoms. The minimum atomic E-state index is -4.35. The lowest BCUT2D eigenvalue weighted by Crippen LogP contribution is -2.04. The van der Waals surface area contributed by atoms with Gasteiger partial charge in [0.2, 0.25) is 0 Å². The number of hydrogen-bond donors (Lipinski definition) is 0. The first-order chi connectivity index (χ1) is 10.8. The number of fused-ring (bicyclic) bond motifs is 1. The summed E-state index contributed by atoms with van der Waals surface area (Å²) < 4.78 is 39.6. The second-order valence-corrected chi connectivity index (χ2v) is 5.92. The summed E-state index contributed by atoms with van der Waals surface area (Å²) in [4.78, 5) is 4.28. The van der Waals surface area contributed by atoms with E-state index in [1.54, 1.807) is 16.9 Å². The van der Waals surface area contributed by atoms with E-state index in [2.05, 4.69) is 10.1 Å². The summed E-state index contributed by atoms with van der Waals surface area (Å²) in [6.07, 6.45) is -1.22. The van der Waals surface area contributed by atoms with Crippen molar-refractivity contribution in [2.24, 2.45) is 0 Å². The Morgan fingerprint density at radius 2 is 1.74 bits per heavy atom. The molecule has 0 atom stereocenters. The third-order valence-corrected chi connectivity index (χ3v) is 3.88. The van der Waals surface area contributed by atoms with Crippen molar-refractivity contribution in [3.63, 3.8) is 0 Å². The largest absolute Gasteiger partial charge is 0.416 e. The molecule has 23 heavy (non-hydrogen) atoms. The Labute approximate surface area is 135 Å². The average molecular weight is 340 g/mol. The molecule has 0 aliphatic heterocycles. The van der Waals surface area contributed by atoms with Gasteiger partial charge in [0.25, 0.3) is 0 Å². The van der Waals surface area contributed by atoms with Crippen molar-refractivity contribution in [1.29, 1.82) is 0 Å². The molecule has 0 aliphatic rings. The van der Waals surface area contributed by atoms with E-state index in [0.29, 0.717) is 21.8 Å². The van der Waals surface area contributed by atoms with Gasteiger partial charge in [-0.2, -0.15) is 18.3 Å². The Hall–Kier alpha value is -2.08. The van der Waals surface area contributed by atoms with E-state index in [1.807, 2.05) is 13.8 Å². The van der Waals surface area contributed by atoms with Gasteiger partial charge in [-0.1, -0.05) is 37.6 Å². The maximum atomic E-state index is 12.7. The zero-order chi connectivity index (χ0) is 16.8. The Kier molecular flexibility index (Phi) is 3.80. The summed E-state index contributed by atoms with van der Waals surface area (Å²) in [5.41, 5.74) is 1.99. The predicted octanol–water partition coefficient (Wildman–Crippen LogP) is 5.19. The molecule has 120 valence electrons. The van der Waals surface area contributed by atoms with Gasteiger partial charge in [0.05, 0.1) is 22.5 Å². The quantitative estimate of drug-likeness (QED) is 0.643. The number of hydrogen-bond acceptors (Lipinski definition) is 2. The molecule has 0 saturated heterocycles. The predicted molar refractivity (Wildman–Crippen MR) is 82.5 cm³/mol. The lowest BCUT2D eigenvalue weighted by atomic mass is 10.1. The van der Waals surface area contributed by atoms with Crippen LogP contribution < -0.4 is 0 Å². The van der Waals surface area contributed by atoms with Gasteiger partial charge in [-0.05, 0) is 23.6 Å². The molecular formula is C16H13ClF3N3. The SMILES string of the molecule is CC(C)c1c(Cl)cnc2c(-c3ccc(C(F)(F)F)cc3)cnn12. The molecular weight excluding hydrogens is 327 g/mol. The lowest BCUT2D eigenvalue weighted by molar-refractivity contribution is -0.137. The standard InChI is InChI=1S/C16H13ClF3N3/c1-9(2)14-13(17)8-21-15-12(7-22-23(14)15)10-3-5-11(6-4-10)16(18,19)20/h3-9H,1-2H3. The zero-order valence-electron chi connectivity index (χ0n) is 12.4. The number of rotatable bonds is 2. The van der Waals surface area contributed by atoms with Crippen molar-refractivity contribution < 1.29 is 13.2 Å². The maximum absolute atomic E-state index is 12.7. The topological polar surface area (TPSA) is 30.2 Å². The first kappa shape index (κ1) is 15.8. The van der Waals surface area contributed by atoms with Gasteiger partial charge >= 0.3 is 6.18 Å². The molecule has 3 aromatic rings. The summed E-state index contributed by atoms with van der Waals surface area (Å²) in [7, 11) is 0. The number of aromatic nitrogens is 3. The number of nitrogens with zero attached hydrogens (tertiary/aromatic N) is 3. The first-order valence-electron chi connectivity index (χ1n) is 6.99. The third kappa shape index (κ3) is 2.79. The van der Waals surface area contributed by atoms with Crippen LogP contribution in [-0.2, 0) is 6.18 Å². The highest BCUT2D eigenvalue weighted by Crippen LogP contribution is 2.33. The summed E-state index contributed by atoms with van der Waals surface area (Å²) in [5.74, 6) is 0.133. The molecule has 2 heterocycles. The monoisotopic (exact) mass is 339 g/mol. The molecule has 0 spiro atoms. The van der Waals surface area contributed by atoms with Crippen LogP contribution in [-0.4, -0.2) is 14.6 Å². The van der Waals surface area contributed by atoms with Crippen molar-refractivity contribution in [2.45, 2.75) is 25.9 Å². The maximum Gasteiger partial charge on any atom is 0.416 e. The molecule has 0 unspecified atom stereocenters. The van der Waals surface area contributed by atoms with Gasteiger partial charge in [0, 0.05) is 11.8 Å². The van der Waals surface area contributed by atoms with Crippen LogP contribution in [0, 0.1) is 0 Å². The molecule has 3 nitrogen and oxygen atoms in total. The highest BCUT2D eigenvalue weighted by Gasteiger charge is 2.30. The van der Waals surface area contributed by atoms with Crippen LogP contribution in [0.2, 0.25) is 5.02 Å². The molecule has 2 aromatic heterocycles. The molecule has 1 aromatic carbocycles. The zero-order valence-corrected chi connectivity index (χ0v) is 13.2. The van der Waals surface area contributed by atoms with E-state index in [9.17, 15) is 13.2 Å². The van der Waals surface area contributed by atoms with Gasteiger partial charge in [-0.3, -0.25) is 0 Å². The Bertz CT molecular complexity index is 851. The lowest BCUT2D eigenvalue weighted by Gasteiger charge is -2.10. The van der Waals surface area contributed by atoms with E-state index >= 15 is 0 Å². The van der Waals surface area contributed by atoms with Gasteiger partial charge in [0.15, 0.2) is 5.65 Å². The number of benzene rings is 1. The fourth-order valence-electron chi connectivity index (χ4n) is 2.49. The Morgan fingerprint density at radius 3 is 2.30 bits per heavy atom. The van der Waals surface area contributed by atoms with E-state index in [1.165, 1.54) is 12.1 Å².